The molecule has 0 amide bonds. The molecule has 0 unspecified atom stereocenters. The van der Waals surface area contributed by atoms with Crippen molar-refractivity contribution in [3.63, 3.8) is 0 Å². The molecule has 0 spiro atoms. The number of aliphatic hydroxyl groups is 1. The third kappa shape index (κ3) is 5.06. The lowest BCUT2D eigenvalue weighted by Crippen LogP contribution is -2.17. The third-order valence-electron chi connectivity index (χ3n) is 3.03. The molecule has 0 bridgehead atoms. The van der Waals surface area contributed by atoms with Gasteiger partial charge in [-0.05, 0) is 29.1 Å². The maximum atomic E-state index is 9.97. The number of nitrogens with zero attached hydrogens (tertiary/aromatic N) is 2. The van der Waals surface area contributed by atoms with Gasteiger partial charge in [0.1, 0.15) is 0 Å². The minimum Gasteiger partial charge on any atom is -0.410 e. The molecule has 5 nitrogen and oxygen atoms in total. The first-order valence-corrected chi connectivity index (χ1v) is 9.45. The molecule has 0 radical (unpaired) electrons. The van der Waals surface area contributed by atoms with Crippen molar-refractivity contribution in [3.8, 4) is 10.8 Å². The monoisotopic (exact) mass is 382 g/mol. The third-order valence-corrected chi connectivity index (χ3v) is 5.10. The lowest BCUT2D eigenvalue weighted by Gasteiger charge is -2.09. The van der Waals surface area contributed by atoms with E-state index in [4.69, 9.17) is 20.8 Å². The van der Waals surface area contributed by atoms with Gasteiger partial charge in [0, 0.05) is 10.8 Å². The Bertz CT molecular complexity index is 747. The van der Waals surface area contributed by atoms with Crippen LogP contribution in [-0.4, -0.2) is 33.8 Å². The van der Waals surface area contributed by atoms with Crippen molar-refractivity contribution >= 4 is 34.7 Å². The highest BCUT2D eigenvalue weighted by molar-refractivity contribution is 7.99. The topological polar surface area (TPSA) is 68.4 Å². The van der Waals surface area contributed by atoms with Crippen LogP contribution >= 0.6 is 34.7 Å². The van der Waals surface area contributed by atoms with Gasteiger partial charge in [0.05, 0.1) is 24.2 Å². The molecule has 0 aliphatic carbocycles. The Balaban J connectivity index is 1.39. The molecule has 126 valence electrons. The van der Waals surface area contributed by atoms with Gasteiger partial charge in [-0.3, -0.25) is 0 Å². The van der Waals surface area contributed by atoms with Crippen LogP contribution in [0.3, 0.4) is 0 Å². The molecule has 24 heavy (non-hydrogen) atoms. The maximum absolute atomic E-state index is 9.97. The molecule has 2 heterocycles. The Morgan fingerprint density at radius 3 is 2.83 bits per heavy atom. The van der Waals surface area contributed by atoms with Gasteiger partial charge in [0.15, 0.2) is 0 Å². The Morgan fingerprint density at radius 1 is 1.25 bits per heavy atom. The van der Waals surface area contributed by atoms with Crippen LogP contribution in [0.2, 0.25) is 5.02 Å². The van der Waals surface area contributed by atoms with Gasteiger partial charge >= 0.3 is 0 Å². The SMILES string of the molecule is O[C@H](COCc1ccc(Cl)cc1)CSc1nnc(-c2cccs2)o1. The summed E-state index contributed by atoms with van der Waals surface area (Å²) in [6.45, 7) is 0.670. The average molecular weight is 383 g/mol. The van der Waals surface area contributed by atoms with Crippen LogP contribution in [0.5, 0.6) is 0 Å². The van der Waals surface area contributed by atoms with E-state index in [0.29, 0.717) is 28.5 Å². The molecule has 0 aliphatic heterocycles. The molecule has 2 aromatic heterocycles. The highest BCUT2D eigenvalue weighted by atomic mass is 35.5. The van der Waals surface area contributed by atoms with Gasteiger partial charge in [-0.25, -0.2) is 0 Å². The van der Waals surface area contributed by atoms with Gasteiger partial charge < -0.3 is 14.3 Å². The number of halogens is 1. The number of hydrogen-bond acceptors (Lipinski definition) is 7. The van der Waals surface area contributed by atoms with Crippen molar-refractivity contribution in [3.05, 3.63) is 52.4 Å². The Hall–Kier alpha value is -1.38. The minimum absolute atomic E-state index is 0.238. The van der Waals surface area contributed by atoms with Crippen LogP contribution in [0.4, 0.5) is 0 Å². The number of ether oxygens (including phenoxy) is 1. The van der Waals surface area contributed by atoms with E-state index in [1.165, 1.54) is 11.8 Å². The Kier molecular flexibility index (Phi) is 6.28. The van der Waals surface area contributed by atoms with Crippen LogP contribution in [0, 0.1) is 0 Å². The van der Waals surface area contributed by atoms with Crippen LogP contribution < -0.4 is 0 Å². The van der Waals surface area contributed by atoms with Gasteiger partial charge in [0.25, 0.3) is 11.1 Å². The van der Waals surface area contributed by atoms with Crippen LogP contribution in [0.25, 0.3) is 10.8 Å². The Morgan fingerprint density at radius 2 is 2.08 bits per heavy atom. The first-order valence-electron chi connectivity index (χ1n) is 7.21. The van der Waals surface area contributed by atoms with E-state index in [9.17, 15) is 5.11 Å². The second-order valence-electron chi connectivity index (χ2n) is 4.96. The maximum Gasteiger partial charge on any atom is 0.276 e. The number of rotatable bonds is 8. The van der Waals surface area contributed by atoms with Crippen molar-refractivity contribution in [1.29, 1.82) is 0 Å². The van der Waals surface area contributed by atoms with E-state index in [-0.39, 0.29) is 6.61 Å². The predicted octanol–water partition coefficient (Wildman–Crippen LogP) is 4.12. The Labute approximate surface area is 152 Å². The summed E-state index contributed by atoms with van der Waals surface area (Å²) in [5.41, 5.74) is 1.01. The summed E-state index contributed by atoms with van der Waals surface area (Å²) >= 11 is 8.68. The van der Waals surface area contributed by atoms with Gasteiger partial charge in [-0.1, -0.05) is 41.6 Å². The van der Waals surface area contributed by atoms with Crippen LogP contribution in [-0.2, 0) is 11.3 Å². The van der Waals surface area contributed by atoms with E-state index in [2.05, 4.69) is 10.2 Å². The van der Waals surface area contributed by atoms with Crippen molar-refractivity contribution in [2.75, 3.05) is 12.4 Å². The molecule has 1 atom stereocenters. The minimum atomic E-state index is -0.612. The van der Waals surface area contributed by atoms with Crippen molar-refractivity contribution in [2.24, 2.45) is 0 Å². The zero-order valence-corrected chi connectivity index (χ0v) is 15.0. The molecular formula is C16H15ClN2O3S2. The number of hydrogen-bond donors (Lipinski definition) is 1. The van der Waals surface area contributed by atoms with Crippen molar-refractivity contribution in [2.45, 2.75) is 17.9 Å². The molecule has 1 aromatic carbocycles. The number of thioether (sulfide) groups is 1. The average Bonchev–Trinajstić information content (AvgIpc) is 3.26. The highest BCUT2D eigenvalue weighted by Gasteiger charge is 2.12. The zero-order chi connectivity index (χ0) is 16.8. The molecule has 0 saturated carbocycles. The molecule has 1 N–H and O–H groups in total. The molecule has 8 heteroatoms. The van der Waals surface area contributed by atoms with Gasteiger partial charge in [-0.2, -0.15) is 0 Å². The number of thiophene rings is 1. The van der Waals surface area contributed by atoms with Gasteiger partial charge in [-0.15, -0.1) is 21.5 Å². The molecule has 0 fully saturated rings. The molecule has 3 rings (SSSR count). The fourth-order valence-corrected chi connectivity index (χ4v) is 3.31. The standard InChI is InChI=1S/C16H15ClN2O3S2/c17-12-5-3-11(4-6-12)8-21-9-13(20)10-24-16-19-18-15(22-16)14-2-1-7-23-14/h1-7,13,20H,8-10H2/t13-/m1/s1. The summed E-state index contributed by atoms with van der Waals surface area (Å²) in [7, 11) is 0. The van der Waals surface area contributed by atoms with E-state index in [0.717, 1.165) is 10.4 Å². The van der Waals surface area contributed by atoms with Crippen molar-refractivity contribution < 1.29 is 14.3 Å². The highest BCUT2D eigenvalue weighted by Crippen LogP contribution is 2.26. The normalized spacial score (nSPS) is 12.4. The summed E-state index contributed by atoms with van der Waals surface area (Å²) in [5.74, 6) is 0.924. The second-order valence-corrected chi connectivity index (χ2v) is 7.31. The summed E-state index contributed by atoms with van der Waals surface area (Å²) in [6, 6.07) is 11.3. The van der Waals surface area contributed by atoms with E-state index in [1.54, 1.807) is 11.3 Å². The van der Waals surface area contributed by atoms with E-state index >= 15 is 0 Å². The van der Waals surface area contributed by atoms with E-state index in [1.807, 2.05) is 41.8 Å². The van der Waals surface area contributed by atoms with Crippen LogP contribution in [0.15, 0.2) is 51.4 Å². The first kappa shape index (κ1) is 17.4. The smallest absolute Gasteiger partial charge is 0.276 e. The zero-order valence-electron chi connectivity index (χ0n) is 12.6. The molecule has 0 aliphatic rings. The number of aromatic nitrogens is 2. The molecular weight excluding hydrogens is 368 g/mol. The van der Waals surface area contributed by atoms with Crippen LogP contribution in [0.1, 0.15) is 5.56 Å². The number of aliphatic hydroxyl groups excluding tert-OH is 1. The number of benzene rings is 1. The summed E-state index contributed by atoms with van der Waals surface area (Å²) in [4.78, 5) is 0.932. The quantitative estimate of drug-likeness (QED) is 0.591. The van der Waals surface area contributed by atoms with Crippen molar-refractivity contribution in [1.82, 2.24) is 10.2 Å². The summed E-state index contributed by atoms with van der Waals surface area (Å²) in [6.07, 6.45) is -0.612. The first-order chi connectivity index (χ1) is 11.7. The fourth-order valence-electron chi connectivity index (χ4n) is 1.88. The summed E-state index contributed by atoms with van der Waals surface area (Å²) < 4.78 is 11.1. The molecule has 0 saturated heterocycles. The second kappa shape index (κ2) is 8.64. The van der Waals surface area contributed by atoms with E-state index < -0.39 is 6.10 Å². The largest absolute Gasteiger partial charge is 0.410 e. The lowest BCUT2D eigenvalue weighted by molar-refractivity contribution is 0.0397. The van der Waals surface area contributed by atoms with Gasteiger partial charge in [0.2, 0.25) is 0 Å². The fraction of sp³-hybridized carbons (Fsp3) is 0.250. The predicted molar refractivity (Wildman–Crippen MR) is 95.4 cm³/mol. The lowest BCUT2D eigenvalue weighted by atomic mass is 10.2. The summed E-state index contributed by atoms with van der Waals surface area (Å²) in [5, 5.41) is 21.0. The molecule has 3 aromatic rings.